The van der Waals surface area contributed by atoms with Crippen LogP contribution in [-0.4, -0.2) is 5.78 Å². The van der Waals surface area contributed by atoms with E-state index in [1.807, 2.05) is 11.4 Å². The normalized spacial score (nSPS) is 16.1. The molecular weight excluding hydrogens is 248 g/mol. The van der Waals surface area contributed by atoms with Crippen molar-refractivity contribution in [1.29, 1.82) is 0 Å². The minimum Gasteiger partial charge on any atom is -0.294 e. The van der Waals surface area contributed by atoms with Crippen LogP contribution < -0.4 is 0 Å². The van der Waals surface area contributed by atoms with Gasteiger partial charge in [0.1, 0.15) is 0 Å². The van der Waals surface area contributed by atoms with Crippen molar-refractivity contribution in [3.8, 4) is 0 Å². The highest BCUT2D eigenvalue weighted by Crippen LogP contribution is 2.34. The molecule has 0 aromatic carbocycles. The van der Waals surface area contributed by atoms with Crippen molar-refractivity contribution in [2.24, 2.45) is 5.92 Å². The van der Waals surface area contributed by atoms with Gasteiger partial charge in [0.05, 0.1) is 3.79 Å². The van der Waals surface area contributed by atoms with Gasteiger partial charge in [0, 0.05) is 17.4 Å². The van der Waals surface area contributed by atoms with Crippen LogP contribution in [0.1, 0.15) is 36.0 Å². The molecule has 1 aliphatic rings. The first-order chi connectivity index (χ1) is 6.25. The van der Waals surface area contributed by atoms with Crippen LogP contribution in [0.5, 0.6) is 0 Å². The minimum atomic E-state index is 0.300. The van der Waals surface area contributed by atoms with Gasteiger partial charge in [-0.05, 0) is 34.3 Å². The summed E-state index contributed by atoms with van der Waals surface area (Å²) >= 11 is 4.94. The first-order valence-electron chi connectivity index (χ1n) is 4.53. The molecule has 0 N–H and O–H groups in total. The number of hydrogen-bond donors (Lipinski definition) is 0. The topological polar surface area (TPSA) is 17.1 Å². The lowest BCUT2D eigenvalue weighted by molar-refractivity contribution is 0.0978. The van der Waals surface area contributed by atoms with Crippen LogP contribution in [0.4, 0.5) is 0 Å². The van der Waals surface area contributed by atoms with Crippen LogP contribution in [-0.2, 0) is 0 Å². The number of carbonyl (C=O) groups excluding carboxylic acids is 1. The fraction of sp³-hybridized carbons (Fsp3) is 0.500. The van der Waals surface area contributed by atoms with Crippen LogP contribution in [0.2, 0.25) is 0 Å². The maximum Gasteiger partial charge on any atom is 0.163 e. The number of carbonyl (C=O) groups is 1. The van der Waals surface area contributed by atoms with E-state index in [9.17, 15) is 4.79 Å². The second-order valence-electron chi connectivity index (χ2n) is 3.54. The second kappa shape index (κ2) is 3.93. The Hall–Kier alpha value is -0.150. The zero-order chi connectivity index (χ0) is 9.26. The van der Waals surface area contributed by atoms with E-state index in [4.69, 9.17) is 0 Å². The summed E-state index contributed by atoms with van der Waals surface area (Å²) in [6, 6.07) is 1.92. The molecule has 0 spiro atoms. The zero-order valence-corrected chi connectivity index (χ0v) is 9.66. The van der Waals surface area contributed by atoms with Crippen molar-refractivity contribution < 1.29 is 4.79 Å². The summed E-state index contributed by atoms with van der Waals surface area (Å²) in [5.74, 6) is 1.15. The Morgan fingerprint density at radius 3 is 2.92 bits per heavy atom. The Balaban J connectivity index is 1.88. The summed E-state index contributed by atoms with van der Waals surface area (Å²) in [6.45, 7) is 0. The molecule has 0 radical (unpaired) electrons. The third-order valence-corrected chi connectivity index (χ3v) is 3.87. The lowest BCUT2D eigenvalue weighted by Gasteiger charge is -1.95. The molecule has 1 nitrogen and oxygen atoms in total. The molecule has 0 unspecified atom stereocenters. The van der Waals surface area contributed by atoms with Crippen molar-refractivity contribution in [2.45, 2.75) is 25.7 Å². The van der Waals surface area contributed by atoms with E-state index in [1.165, 1.54) is 12.8 Å². The zero-order valence-electron chi connectivity index (χ0n) is 7.25. The molecule has 13 heavy (non-hydrogen) atoms. The fourth-order valence-electron chi connectivity index (χ4n) is 1.34. The molecule has 2 rings (SSSR count). The molecule has 0 atom stereocenters. The van der Waals surface area contributed by atoms with Crippen molar-refractivity contribution in [2.75, 3.05) is 0 Å². The van der Waals surface area contributed by atoms with Crippen LogP contribution >= 0.6 is 27.3 Å². The van der Waals surface area contributed by atoms with E-state index in [0.717, 1.165) is 28.1 Å². The van der Waals surface area contributed by atoms with Gasteiger partial charge in [-0.25, -0.2) is 0 Å². The van der Waals surface area contributed by atoms with E-state index in [0.29, 0.717) is 5.78 Å². The molecule has 3 heteroatoms. The van der Waals surface area contributed by atoms with E-state index < -0.39 is 0 Å². The highest BCUT2D eigenvalue weighted by atomic mass is 79.9. The van der Waals surface area contributed by atoms with Crippen molar-refractivity contribution in [3.63, 3.8) is 0 Å². The molecule has 0 amide bonds. The molecule has 1 aromatic heterocycles. The van der Waals surface area contributed by atoms with Gasteiger partial charge in [-0.1, -0.05) is 12.8 Å². The Morgan fingerprint density at radius 1 is 1.62 bits per heavy atom. The van der Waals surface area contributed by atoms with Crippen LogP contribution in [0.3, 0.4) is 0 Å². The maximum atomic E-state index is 11.6. The smallest absolute Gasteiger partial charge is 0.163 e. The number of thiophene rings is 1. The highest BCUT2D eigenvalue weighted by Gasteiger charge is 2.22. The molecule has 0 saturated heterocycles. The average Bonchev–Trinajstić information content (AvgIpc) is 2.84. The first-order valence-corrected chi connectivity index (χ1v) is 6.20. The number of Topliss-reactive ketones (excluding diaryl/α,β-unsaturated/α-hetero) is 1. The molecule has 1 heterocycles. The first kappa shape index (κ1) is 9.41. The van der Waals surface area contributed by atoms with Crippen LogP contribution in [0.15, 0.2) is 15.2 Å². The monoisotopic (exact) mass is 258 g/mol. The molecule has 1 aromatic rings. The van der Waals surface area contributed by atoms with Gasteiger partial charge in [0.15, 0.2) is 5.78 Å². The van der Waals surface area contributed by atoms with Crippen molar-refractivity contribution >= 4 is 33.0 Å². The minimum absolute atomic E-state index is 0.300. The maximum absolute atomic E-state index is 11.6. The van der Waals surface area contributed by atoms with Gasteiger partial charge in [0.25, 0.3) is 0 Å². The Bertz CT molecular complexity index is 314. The van der Waals surface area contributed by atoms with Crippen molar-refractivity contribution in [3.05, 3.63) is 20.8 Å². The summed E-state index contributed by atoms with van der Waals surface area (Å²) < 4.78 is 1.04. The van der Waals surface area contributed by atoms with Gasteiger partial charge < -0.3 is 0 Å². The number of ketones is 1. The van der Waals surface area contributed by atoms with E-state index in [1.54, 1.807) is 11.3 Å². The molecular formula is C10H11BrOS. The van der Waals surface area contributed by atoms with Gasteiger partial charge in [-0.3, -0.25) is 4.79 Å². The molecule has 1 saturated carbocycles. The fourth-order valence-corrected chi connectivity index (χ4v) is 2.50. The summed E-state index contributed by atoms with van der Waals surface area (Å²) in [5, 5.41) is 1.93. The predicted molar refractivity (Wildman–Crippen MR) is 58.3 cm³/mol. The van der Waals surface area contributed by atoms with Gasteiger partial charge in [-0.15, -0.1) is 11.3 Å². The van der Waals surface area contributed by atoms with E-state index in [-0.39, 0.29) is 0 Å². The summed E-state index contributed by atoms with van der Waals surface area (Å²) in [4.78, 5) is 11.6. The third kappa shape index (κ3) is 2.64. The number of hydrogen-bond acceptors (Lipinski definition) is 2. The lowest BCUT2D eigenvalue weighted by atomic mass is 10.1. The second-order valence-corrected chi connectivity index (χ2v) is 5.84. The predicted octanol–water partition coefficient (Wildman–Crippen LogP) is 3.88. The van der Waals surface area contributed by atoms with Crippen molar-refractivity contribution in [1.82, 2.24) is 0 Å². The highest BCUT2D eigenvalue weighted by molar-refractivity contribution is 9.11. The third-order valence-electron chi connectivity index (χ3n) is 2.37. The molecule has 0 bridgehead atoms. The molecule has 1 aliphatic carbocycles. The number of halogens is 1. The Kier molecular flexibility index (Phi) is 2.84. The quantitative estimate of drug-likeness (QED) is 0.750. The Labute approximate surface area is 90.3 Å². The summed E-state index contributed by atoms with van der Waals surface area (Å²) in [6.07, 6.45) is 4.49. The summed E-state index contributed by atoms with van der Waals surface area (Å²) in [7, 11) is 0. The average molecular weight is 259 g/mol. The van der Waals surface area contributed by atoms with Crippen LogP contribution in [0.25, 0.3) is 0 Å². The van der Waals surface area contributed by atoms with Gasteiger partial charge in [0.2, 0.25) is 0 Å². The standard InChI is InChI=1S/C10H11BrOS/c11-10-5-8(6-13-10)9(12)4-3-7-1-2-7/h5-7H,1-4H2. The Morgan fingerprint density at radius 2 is 2.38 bits per heavy atom. The largest absolute Gasteiger partial charge is 0.294 e. The van der Waals surface area contributed by atoms with Gasteiger partial charge >= 0.3 is 0 Å². The molecule has 0 aliphatic heterocycles. The molecule has 1 fully saturated rings. The SMILES string of the molecule is O=C(CCC1CC1)c1csc(Br)c1. The lowest BCUT2D eigenvalue weighted by Crippen LogP contribution is -1.96. The summed E-state index contributed by atoms with van der Waals surface area (Å²) in [5.41, 5.74) is 0.873. The van der Waals surface area contributed by atoms with E-state index >= 15 is 0 Å². The molecule has 70 valence electrons. The van der Waals surface area contributed by atoms with Gasteiger partial charge in [-0.2, -0.15) is 0 Å². The van der Waals surface area contributed by atoms with E-state index in [2.05, 4.69) is 15.9 Å². The number of rotatable bonds is 4. The van der Waals surface area contributed by atoms with Crippen LogP contribution in [0, 0.1) is 5.92 Å².